The molecule has 4 rings (SSSR count). The second kappa shape index (κ2) is 10.6. The Hall–Kier alpha value is -3.52. The Labute approximate surface area is 199 Å². The van der Waals surface area contributed by atoms with Crippen molar-refractivity contribution >= 4 is 5.91 Å². The lowest BCUT2D eigenvalue weighted by Crippen LogP contribution is -2.32. The number of unbranched alkanes of at least 4 members (excludes halogenated alkanes) is 1. The SMILES string of the molecule is CCCCOc1ccc(C2c3c(-c4ccccc4O)n[nH]c3C(=O)N2CCOC)cc1OCC. The van der Waals surface area contributed by atoms with Crippen molar-refractivity contribution in [3.8, 4) is 28.5 Å². The molecule has 2 N–H and O–H groups in total. The zero-order chi connectivity index (χ0) is 24.1. The molecular formula is C26H31N3O5. The van der Waals surface area contributed by atoms with Gasteiger partial charge in [-0.2, -0.15) is 5.10 Å². The van der Waals surface area contributed by atoms with Crippen LogP contribution in [0.15, 0.2) is 42.5 Å². The molecule has 0 aliphatic carbocycles. The summed E-state index contributed by atoms with van der Waals surface area (Å²) in [6.07, 6.45) is 2.00. The highest BCUT2D eigenvalue weighted by molar-refractivity contribution is 6.00. The summed E-state index contributed by atoms with van der Waals surface area (Å²) in [4.78, 5) is 15.1. The van der Waals surface area contributed by atoms with Crippen molar-refractivity contribution in [1.29, 1.82) is 0 Å². The van der Waals surface area contributed by atoms with Crippen molar-refractivity contribution < 1.29 is 24.1 Å². The van der Waals surface area contributed by atoms with Crippen LogP contribution in [0.2, 0.25) is 0 Å². The van der Waals surface area contributed by atoms with Crippen LogP contribution in [0.4, 0.5) is 0 Å². The van der Waals surface area contributed by atoms with Gasteiger partial charge in [0.25, 0.3) is 5.91 Å². The molecule has 1 aliphatic heterocycles. The van der Waals surface area contributed by atoms with Crippen molar-refractivity contribution in [2.45, 2.75) is 32.7 Å². The third kappa shape index (κ3) is 4.46. The number of carbonyl (C=O) groups excluding carboxylic acids is 1. The van der Waals surface area contributed by atoms with Crippen LogP contribution in [0.5, 0.6) is 17.2 Å². The summed E-state index contributed by atoms with van der Waals surface area (Å²) < 4.78 is 17.1. The van der Waals surface area contributed by atoms with Gasteiger partial charge in [0.15, 0.2) is 11.5 Å². The van der Waals surface area contributed by atoms with Gasteiger partial charge in [-0.05, 0) is 43.2 Å². The number of amides is 1. The van der Waals surface area contributed by atoms with Gasteiger partial charge in [-0.3, -0.25) is 9.89 Å². The van der Waals surface area contributed by atoms with E-state index in [0.29, 0.717) is 54.8 Å². The molecule has 1 atom stereocenters. The fourth-order valence-electron chi connectivity index (χ4n) is 4.25. The highest BCUT2D eigenvalue weighted by Gasteiger charge is 2.42. The summed E-state index contributed by atoms with van der Waals surface area (Å²) in [6.45, 7) is 5.94. The molecule has 1 amide bonds. The van der Waals surface area contributed by atoms with E-state index in [1.807, 2.05) is 31.2 Å². The second-order valence-electron chi connectivity index (χ2n) is 8.11. The van der Waals surface area contributed by atoms with Gasteiger partial charge in [0.1, 0.15) is 17.1 Å². The number of aromatic nitrogens is 2. The topological polar surface area (TPSA) is 96.9 Å². The molecule has 1 aromatic heterocycles. The lowest BCUT2D eigenvalue weighted by atomic mass is 9.95. The Morgan fingerprint density at radius 2 is 1.91 bits per heavy atom. The van der Waals surface area contributed by atoms with Crippen molar-refractivity contribution in [1.82, 2.24) is 15.1 Å². The van der Waals surface area contributed by atoms with Crippen LogP contribution in [0.3, 0.4) is 0 Å². The van der Waals surface area contributed by atoms with Crippen LogP contribution in [-0.2, 0) is 4.74 Å². The quantitative estimate of drug-likeness (QED) is 0.403. The van der Waals surface area contributed by atoms with E-state index in [-0.39, 0.29) is 11.7 Å². The standard InChI is InChI=1S/C26H31N3O5/c1-4-6-14-34-20-12-11-17(16-21(20)33-5-2)25-22-23(18-9-7-8-10-19(18)30)27-28-24(22)26(31)29(25)13-15-32-3/h7-12,16,25,30H,4-6,13-15H2,1-3H3,(H,27,28). The minimum atomic E-state index is -0.421. The number of benzene rings is 2. The van der Waals surface area contributed by atoms with Gasteiger partial charge in [0, 0.05) is 24.8 Å². The number of methoxy groups -OCH3 is 1. The van der Waals surface area contributed by atoms with E-state index < -0.39 is 6.04 Å². The lowest BCUT2D eigenvalue weighted by Gasteiger charge is -2.27. The number of carbonyl (C=O) groups is 1. The van der Waals surface area contributed by atoms with Gasteiger partial charge in [0.2, 0.25) is 0 Å². The number of aromatic hydroxyl groups is 1. The molecule has 8 heteroatoms. The van der Waals surface area contributed by atoms with Crippen molar-refractivity contribution in [2.75, 3.05) is 33.5 Å². The van der Waals surface area contributed by atoms with E-state index in [0.717, 1.165) is 24.0 Å². The van der Waals surface area contributed by atoms with Crippen LogP contribution in [0.25, 0.3) is 11.3 Å². The van der Waals surface area contributed by atoms with E-state index >= 15 is 0 Å². The molecule has 0 radical (unpaired) electrons. The van der Waals surface area contributed by atoms with Gasteiger partial charge in [0.05, 0.1) is 25.9 Å². The van der Waals surface area contributed by atoms with Gasteiger partial charge in [-0.1, -0.05) is 31.5 Å². The molecule has 8 nitrogen and oxygen atoms in total. The summed E-state index contributed by atoms with van der Waals surface area (Å²) >= 11 is 0. The monoisotopic (exact) mass is 465 g/mol. The molecule has 2 aromatic carbocycles. The first-order valence-electron chi connectivity index (χ1n) is 11.7. The van der Waals surface area contributed by atoms with E-state index in [1.165, 1.54) is 0 Å². The lowest BCUT2D eigenvalue weighted by molar-refractivity contribution is 0.0677. The summed E-state index contributed by atoms with van der Waals surface area (Å²) in [5.74, 6) is 1.26. The first kappa shape index (κ1) is 23.6. The number of hydrogen-bond donors (Lipinski definition) is 2. The number of nitrogens with zero attached hydrogens (tertiary/aromatic N) is 2. The average Bonchev–Trinajstić information content (AvgIpc) is 3.38. The molecule has 34 heavy (non-hydrogen) atoms. The average molecular weight is 466 g/mol. The maximum absolute atomic E-state index is 13.3. The van der Waals surface area contributed by atoms with Crippen molar-refractivity contribution in [3.05, 3.63) is 59.3 Å². The first-order valence-corrected chi connectivity index (χ1v) is 11.7. The molecule has 1 aliphatic rings. The normalized spacial score (nSPS) is 15.0. The predicted molar refractivity (Wildman–Crippen MR) is 128 cm³/mol. The van der Waals surface area contributed by atoms with Crippen molar-refractivity contribution in [2.24, 2.45) is 0 Å². The minimum absolute atomic E-state index is 0.105. The van der Waals surface area contributed by atoms with Gasteiger partial charge in [-0.25, -0.2) is 0 Å². The van der Waals surface area contributed by atoms with Gasteiger partial charge >= 0.3 is 0 Å². The summed E-state index contributed by atoms with van der Waals surface area (Å²) in [6, 6.07) is 12.4. The number of fused-ring (bicyclic) bond motifs is 1. The molecule has 3 aromatic rings. The smallest absolute Gasteiger partial charge is 0.273 e. The number of phenolic OH excluding ortho intramolecular Hbond substituents is 1. The largest absolute Gasteiger partial charge is 0.507 e. The number of para-hydroxylation sites is 1. The van der Waals surface area contributed by atoms with E-state index in [4.69, 9.17) is 14.2 Å². The number of phenols is 1. The van der Waals surface area contributed by atoms with Crippen LogP contribution in [0.1, 0.15) is 54.3 Å². The Morgan fingerprint density at radius 1 is 1.09 bits per heavy atom. The fourth-order valence-corrected chi connectivity index (χ4v) is 4.25. The number of rotatable bonds is 11. The first-order chi connectivity index (χ1) is 16.6. The van der Waals surface area contributed by atoms with E-state index in [1.54, 1.807) is 30.2 Å². The van der Waals surface area contributed by atoms with E-state index in [2.05, 4.69) is 17.1 Å². The number of hydrogen-bond acceptors (Lipinski definition) is 6. The highest BCUT2D eigenvalue weighted by Crippen LogP contribution is 2.45. The zero-order valence-corrected chi connectivity index (χ0v) is 19.8. The molecule has 1 unspecified atom stereocenters. The second-order valence-corrected chi connectivity index (χ2v) is 8.11. The third-order valence-corrected chi connectivity index (χ3v) is 5.90. The number of aromatic amines is 1. The fraction of sp³-hybridized carbons (Fsp3) is 0.385. The summed E-state index contributed by atoms with van der Waals surface area (Å²) in [5, 5.41) is 17.8. The molecule has 0 bridgehead atoms. The van der Waals surface area contributed by atoms with Gasteiger partial charge < -0.3 is 24.2 Å². The number of ether oxygens (including phenoxy) is 3. The third-order valence-electron chi connectivity index (χ3n) is 5.90. The maximum Gasteiger partial charge on any atom is 0.273 e. The molecule has 180 valence electrons. The number of H-pyrrole nitrogens is 1. The molecule has 0 saturated heterocycles. The van der Waals surface area contributed by atoms with Crippen LogP contribution < -0.4 is 9.47 Å². The Bertz CT molecular complexity index is 1140. The zero-order valence-electron chi connectivity index (χ0n) is 19.8. The molecule has 2 heterocycles. The minimum Gasteiger partial charge on any atom is -0.507 e. The highest BCUT2D eigenvalue weighted by atomic mass is 16.5. The predicted octanol–water partition coefficient (Wildman–Crippen LogP) is 4.55. The summed E-state index contributed by atoms with van der Waals surface area (Å²) in [5.41, 5.74) is 3.13. The summed E-state index contributed by atoms with van der Waals surface area (Å²) in [7, 11) is 1.61. The van der Waals surface area contributed by atoms with E-state index in [9.17, 15) is 9.90 Å². The number of nitrogens with one attached hydrogen (secondary N) is 1. The van der Waals surface area contributed by atoms with Crippen LogP contribution in [0, 0.1) is 0 Å². The van der Waals surface area contributed by atoms with Crippen LogP contribution in [-0.4, -0.2) is 59.6 Å². The van der Waals surface area contributed by atoms with Crippen LogP contribution >= 0.6 is 0 Å². The Morgan fingerprint density at radius 3 is 2.65 bits per heavy atom. The Balaban J connectivity index is 1.81. The Kier molecular flexibility index (Phi) is 7.37. The maximum atomic E-state index is 13.3. The van der Waals surface area contributed by atoms with Crippen molar-refractivity contribution in [3.63, 3.8) is 0 Å². The molecular weight excluding hydrogens is 434 g/mol. The molecule has 0 fully saturated rings. The molecule has 0 saturated carbocycles. The molecule has 0 spiro atoms. The van der Waals surface area contributed by atoms with Gasteiger partial charge in [-0.15, -0.1) is 0 Å².